The molecule has 1 amide bonds. The lowest BCUT2D eigenvalue weighted by Gasteiger charge is -2.28. The molecule has 0 atom stereocenters. The molecule has 5 nitrogen and oxygen atoms in total. The van der Waals surface area contributed by atoms with Crippen molar-refractivity contribution in [3.63, 3.8) is 0 Å². The molecule has 1 aromatic carbocycles. The monoisotopic (exact) mass is 342 g/mol. The smallest absolute Gasteiger partial charge is 0.255 e. The van der Waals surface area contributed by atoms with Gasteiger partial charge < -0.3 is 4.90 Å². The van der Waals surface area contributed by atoms with Crippen molar-refractivity contribution < 1.29 is 13.6 Å². The maximum absolute atomic E-state index is 13.2. The third-order valence-electron chi connectivity index (χ3n) is 4.45. The van der Waals surface area contributed by atoms with Crippen LogP contribution in [-0.4, -0.2) is 44.6 Å². The molecule has 1 aliphatic rings. The van der Waals surface area contributed by atoms with E-state index in [-0.39, 0.29) is 11.7 Å². The average molecular weight is 342 g/mol. The van der Waals surface area contributed by atoms with Crippen LogP contribution in [-0.2, 0) is 0 Å². The van der Waals surface area contributed by atoms with Crippen LogP contribution >= 0.6 is 0 Å². The van der Waals surface area contributed by atoms with Gasteiger partial charge in [0, 0.05) is 25.0 Å². The standard InChI is InChI=1S/C18H16F2N4O/c19-13-1-3-15(4-2-13)24-11-22-16-9-12(10-21-17(16)24)18(25)23-7-5-14(20)6-8-23/h1-4,9-11,14H,5-8H2. The summed E-state index contributed by atoms with van der Waals surface area (Å²) in [6.07, 6.45) is 3.03. The molecule has 0 radical (unpaired) electrons. The Labute approximate surface area is 142 Å². The van der Waals surface area contributed by atoms with Crippen molar-refractivity contribution in [2.45, 2.75) is 19.0 Å². The number of rotatable bonds is 2. The van der Waals surface area contributed by atoms with Gasteiger partial charge in [0.15, 0.2) is 5.65 Å². The van der Waals surface area contributed by atoms with Crippen LogP contribution in [0.15, 0.2) is 42.9 Å². The van der Waals surface area contributed by atoms with Gasteiger partial charge in [-0.3, -0.25) is 9.36 Å². The number of hydrogen-bond donors (Lipinski definition) is 0. The number of nitrogens with zero attached hydrogens (tertiary/aromatic N) is 4. The first-order valence-electron chi connectivity index (χ1n) is 8.14. The minimum absolute atomic E-state index is 0.155. The van der Waals surface area contributed by atoms with Gasteiger partial charge in [0.1, 0.15) is 23.8 Å². The number of amides is 1. The number of fused-ring (bicyclic) bond motifs is 1. The molecule has 7 heteroatoms. The maximum Gasteiger partial charge on any atom is 0.255 e. The molecule has 1 fully saturated rings. The molecule has 3 aromatic rings. The highest BCUT2D eigenvalue weighted by Crippen LogP contribution is 2.20. The summed E-state index contributed by atoms with van der Waals surface area (Å²) in [6.45, 7) is 0.837. The fourth-order valence-corrected chi connectivity index (χ4v) is 3.04. The number of imidazole rings is 1. The molecule has 3 heterocycles. The van der Waals surface area contributed by atoms with Crippen molar-refractivity contribution in [3.05, 3.63) is 54.2 Å². The van der Waals surface area contributed by atoms with Crippen LogP contribution in [0.3, 0.4) is 0 Å². The van der Waals surface area contributed by atoms with Gasteiger partial charge in [-0.2, -0.15) is 0 Å². The van der Waals surface area contributed by atoms with Crippen molar-refractivity contribution in [3.8, 4) is 5.69 Å². The van der Waals surface area contributed by atoms with E-state index in [0.29, 0.717) is 42.7 Å². The summed E-state index contributed by atoms with van der Waals surface area (Å²) in [5.41, 5.74) is 2.34. The third-order valence-corrected chi connectivity index (χ3v) is 4.45. The molecule has 4 rings (SSSR count). The Morgan fingerprint density at radius 2 is 1.84 bits per heavy atom. The largest absolute Gasteiger partial charge is 0.338 e. The lowest BCUT2D eigenvalue weighted by molar-refractivity contribution is 0.0666. The zero-order chi connectivity index (χ0) is 17.4. The fourth-order valence-electron chi connectivity index (χ4n) is 3.04. The van der Waals surface area contributed by atoms with Crippen LogP contribution in [0, 0.1) is 5.82 Å². The van der Waals surface area contributed by atoms with Crippen LogP contribution in [0.25, 0.3) is 16.9 Å². The third kappa shape index (κ3) is 2.97. The molecular formula is C18H16F2N4O. The zero-order valence-electron chi connectivity index (χ0n) is 13.4. The minimum atomic E-state index is -0.823. The molecule has 1 saturated heterocycles. The predicted molar refractivity (Wildman–Crippen MR) is 88.9 cm³/mol. The molecule has 128 valence electrons. The number of aromatic nitrogens is 3. The second-order valence-corrected chi connectivity index (χ2v) is 6.12. The summed E-state index contributed by atoms with van der Waals surface area (Å²) in [4.78, 5) is 22.8. The second kappa shape index (κ2) is 6.23. The van der Waals surface area contributed by atoms with Crippen LogP contribution in [0.5, 0.6) is 0 Å². The fraction of sp³-hybridized carbons (Fsp3) is 0.278. The van der Waals surface area contributed by atoms with Gasteiger partial charge >= 0.3 is 0 Å². The number of carbonyl (C=O) groups excluding carboxylic acids is 1. The highest BCUT2D eigenvalue weighted by molar-refractivity contribution is 5.96. The van der Waals surface area contributed by atoms with Crippen LogP contribution in [0.2, 0.25) is 0 Å². The molecule has 0 saturated carbocycles. The Morgan fingerprint density at radius 1 is 1.12 bits per heavy atom. The van der Waals surface area contributed by atoms with Crippen molar-refractivity contribution >= 4 is 17.1 Å². The van der Waals surface area contributed by atoms with Gasteiger partial charge in [0.25, 0.3) is 5.91 Å². The summed E-state index contributed by atoms with van der Waals surface area (Å²) >= 11 is 0. The molecule has 2 aromatic heterocycles. The summed E-state index contributed by atoms with van der Waals surface area (Å²) in [7, 11) is 0. The highest BCUT2D eigenvalue weighted by Gasteiger charge is 2.24. The molecule has 0 aliphatic carbocycles. The SMILES string of the molecule is O=C(c1cnc2c(c1)ncn2-c1ccc(F)cc1)N1CCC(F)CC1. The average Bonchev–Trinajstić information content (AvgIpc) is 3.05. The Balaban J connectivity index is 1.63. The number of carbonyl (C=O) groups is 1. The Morgan fingerprint density at radius 3 is 2.56 bits per heavy atom. The lowest BCUT2D eigenvalue weighted by atomic mass is 10.1. The van der Waals surface area contributed by atoms with Gasteiger partial charge in [-0.25, -0.2) is 18.7 Å². The molecule has 25 heavy (non-hydrogen) atoms. The molecule has 0 unspecified atom stereocenters. The maximum atomic E-state index is 13.2. The van der Waals surface area contributed by atoms with Crippen molar-refractivity contribution in [2.24, 2.45) is 0 Å². The first-order valence-corrected chi connectivity index (χ1v) is 8.14. The lowest BCUT2D eigenvalue weighted by Crippen LogP contribution is -2.39. The first kappa shape index (κ1) is 15.7. The van der Waals surface area contributed by atoms with E-state index in [1.165, 1.54) is 18.3 Å². The quantitative estimate of drug-likeness (QED) is 0.719. The topological polar surface area (TPSA) is 51.0 Å². The summed E-state index contributed by atoms with van der Waals surface area (Å²) in [5, 5.41) is 0. The molecular weight excluding hydrogens is 326 g/mol. The van der Waals surface area contributed by atoms with E-state index in [1.807, 2.05) is 0 Å². The number of benzene rings is 1. The molecule has 0 N–H and O–H groups in total. The number of alkyl halides is 1. The molecule has 0 spiro atoms. The normalized spacial score (nSPS) is 15.7. The zero-order valence-corrected chi connectivity index (χ0v) is 13.4. The van der Waals surface area contributed by atoms with Crippen molar-refractivity contribution in [1.29, 1.82) is 0 Å². The van der Waals surface area contributed by atoms with Gasteiger partial charge in [-0.1, -0.05) is 0 Å². The first-order chi connectivity index (χ1) is 12.1. The molecule has 0 bridgehead atoms. The van der Waals surface area contributed by atoms with E-state index >= 15 is 0 Å². The number of hydrogen-bond acceptors (Lipinski definition) is 3. The Hall–Kier alpha value is -2.83. The highest BCUT2D eigenvalue weighted by atomic mass is 19.1. The molecule has 1 aliphatic heterocycles. The number of piperidine rings is 1. The minimum Gasteiger partial charge on any atom is -0.338 e. The summed E-state index contributed by atoms with van der Waals surface area (Å²) < 4.78 is 28.0. The van der Waals surface area contributed by atoms with E-state index in [9.17, 15) is 13.6 Å². The summed E-state index contributed by atoms with van der Waals surface area (Å²) in [6, 6.07) is 7.70. The van der Waals surface area contributed by atoms with E-state index in [0.717, 1.165) is 5.69 Å². The second-order valence-electron chi connectivity index (χ2n) is 6.12. The van der Waals surface area contributed by atoms with Gasteiger partial charge in [-0.05, 0) is 43.2 Å². The number of pyridine rings is 1. The number of likely N-dealkylation sites (tertiary alicyclic amines) is 1. The van der Waals surface area contributed by atoms with Crippen LogP contribution in [0.4, 0.5) is 8.78 Å². The van der Waals surface area contributed by atoms with Gasteiger partial charge in [0.05, 0.1) is 5.56 Å². The van der Waals surface area contributed by atoms with Crippen LogP contribution < -0.4 is 0 Å². The predicted octanol–water partition coefficient (Wildman–Crippen LogP) is 3.13. The Bertz CT molecular complexity index is 914. The van der Waals surface area contributed by atoms with Crippen molar-refractivity contribution in [1.82, 2.24) is 19.4 Å². The van der Waals surface area contributed by atoms with Crippen molar-refractivity contribution in [2.75, 3.05) is 13.1 Å². The van der Waals surface area contributed by atoms with E-state index in [4.69, 9.17) is 0 Å². The summed E-state index contributed by atoms with van der Waals surface area (Å²) in [5.74, 6) is -0.469. The van der Waals surface area contributed by atoms with E-state index in [1.54, 1.807) is 34.0 Å². The van der Waals surface area contributed by atoms with E-state index < -0.39 is 6.17 Å². The van der Waals surface area contributed by atoms with Crippen LogP contribution in [0.1, 0.15) is 23.2 Å². The van der Waals surface area contributed by atoms with Gasteiger partial charge in [0.2, 0.25) is 0 Å². The van der Waals surface area contributed by atoms with Gasteiger partial charge in [-0.15, -0.1) is 0 Å². The number of halogens is 2. The van der Waals surface area contributed by atoms with E-state index in [2.05, 4.69) is 9.97 Å². The Kier molecular flexibility index (Phi) is 3.91.